The van der Waals surface area contributed by atoms with Crippen molar-refractivity contribution in [2.75, 3.05) is 27.2 Å². The molecule has 0 spiro atoms. The van der Waals surface area contributed by atoms with Gasteiger partial charge in [-0.1, -0.05) is 13.8 Å². The first kappa shape index (κ1) is 13.5. The van der Waals surface area contributed by atoms with Crippen molar-refractivity contribution in [1.29, 1.82) is 0 Å². The zero-order chi connectivity index (χ0) is 12.1. The van der Waals surface area contributed by atoms with E-state index in [0.717, 1.165) is 13.1 Å². The van der Waals surface area contributed by atoms with Crippen molar-refractivity contribution in [2.24, 2.45) is 5.92 Å². The molecule has 0 aromatic rings. The van der Waals surface area contributed by atoms with E-state index in [-0.39, 0.29) is 12.0 Å². The van der Waals surface area contributed by atoms with Crippen LogP contribution >= 0.6 is 0 Å². The Bertz CT molecular complexity index is 227. The van der Waals surface area contributed by atoms with Gasteiger partial charge in [0.2, 0.25) is 0 Å². The minimum Gasteiger partial charge on any atom is -0.468 e. The van der Waals surface area contributed by atoms with Gasteiger partial charge >= 0.3 is 5.97 Å². The summed E-state index contributed by atoms with van der Waals surface area (Å²) in [6, 6.07) is 0.479. The van der Waals surface area contributed by atoms with E-state index in [1.807, 2.05) is 7.05 Å². The maximum absolute atomic E-state index is 11.5. The van der Waals surface area contributed by atoms with Gasteiger partial charge in [-0.15, -0.1) is 0 Å². The van der Waals surface area contributed by atoms with Crippen molar-refractivity contribution in [2.45, 2.75) is 38.8 Å². The normalized spacial score (nSPS) is 17.9. The Labute approximate surface area is 98.3 Å². The van der Waals surface area contributed by atoms with Crippen molar-refractivity contribution in [3.8, 4) is 0 Å². The Morgan fingerprint density at radius 1 is 1.44 bits per heavy atom. The molecule has 4 heteroatoms. The molecule has 1 aliphatic rings. The van der Waals surface area contributed by atoms with E-state index in [1.165, 1.54) is 20.0 Å². The van der Waals surface area contributed by atoms with Crippen LogP contribution in [-0.2, 0) is 9.53 Å². The van der Waals surface area contributed by atoms with Crippen LogP contribution in [0.5, 0.6) is 0 Å². The number of nitrogens with one attached hydrogen (secondary N) is 1. The number of methoxy groups -OCH3 is 1. The van der Waals surface area contributed by atoms with E-state index in [4.69, 9.17) is 4.74 Å². The van der Waals surface area contributed by atoms with E-state index >= 15 is 0 Å². The monoisotopic (exact) mass is 228 g/mol. The second kappa shape index (κ2) is 6.21. The molecule has 0 aliphatic heterocycles. The second-order valence-electron chi connectivity index (χ2n) is 4.94. The highest BCUT2D eigenvalue weighted by atomic mass is 16.5. The van der Waals surface area contributed by atoms with E-state index in [9.17, 15) is 4.79 Å². The van der Waals surface area contributed by atoms with Crippen molar-refractivity contribution >= 4 is 5.97 Å². The second-order valence-corrected chi connectivity index (χ2v) is 4.94. The van der Waals surface area contributed by atoms with Gasteiger partial charge in [-0.05, 0) is 25.8 Å². The van der Waals surface area contributed by atoms with Gasteiger partial charge in [0, 0.05) is 19.1 Å². The number of esters is 1. The highest BCUT2D eigenvalue weighted by Crippen LogP contribution is 2.27. The summed E-state index contributed by atoms with van der Waals surface area (Å²) in [5.41, 5.74) is 0. The lowest BCUT2D eigenvalue weighted by molar-refractivity contribution is -0.143. The lowest BCUT2D eigenvalue weighted by Crippen LogP contribution is -2.46. The summed E-state index contributed by atoms with van der Waals surface area (Å²) in [4.78, 5) is 13.9. The van der Waals surface area contributed by atoms with Crippen LogP contribution in [0.2, 0.25) is 0 Å². The Kier molecular flexibility index (Phi) is 5.22. The molecule has 0 radical (unpaired) electrons. The van der Waals surface area contributed by atoms with Gasteiger partial charge in [0.25, 0.3) is 0 Å². The molecular formula is C12H24N2O2. The Balaban J connectivity index is 2.48. The van der Waals surface area contributed by atoms with Gasteiger partial charge in [-0.3, -0.25) is 9.69 Å². The van der Waals surface area contributed by atoms with Gasteiger partial charge in [0.05, 0.1) is 7.11 Å². The Morgan fingerprint density at radius 3 is 2.44 bits per heavy atom. The van der Waals surface area contributed by atoms with Crippen LogP contribution in [0.4, 0.5) is 0 Å². The summed E-state index contributed by atoms with van der Waals surface area (Å²) < 4.78 is 4.78. The molecule has 0 aromatic carbocycles. The topological polar surface area (TPSA) is 41.6 Å². The number of likely N-dealkylation sites (N-methyl/N-ethyl adjacent to an activating group) is 1. The molecule has 94 valence electrons. The van der Waals surface area contributed by atoms with Crippen molar-refractivity contribution in [3.05, 3.63) is 0 Å². The number of carbonyl (C=O) groups excluding carboxylic acids is 1. The van der Waals surface area contributed by atoms with Crippen molar-refractivity contribution in [3.63, 3.8) is 0 Å². The van der Waals surface area contributed by atoms with Crippen molar-refractivity contribution in [1.82, 2.24) is 10.2 Å². The summed E-state index contributed by atoms with van der Waals surface area (Å²) in [5, 5.41) is 3.02. The molecule has 1 saturated carbocycles. The fourth-order valence-corrected chi connectivity index (χ4v) is 1.94. The average Bonchev–Trinajstić information content (AvgIpc) is 3.06. The highest BCUT2D eigenvalue weighted by Gasteiger charge is 2.32. The van der Waals surface area contributed by atoms with E-state index in [2.05, 4.69) is 24.1 Å². The lowest BCUT2D eigenvalue weighted by Gasteiger charge is -2.27. The van der Waals surface area contributed by atoms with Crippen LogP contribution < -0.4 is 5.32 Å². The quantitative estimate of drug-likeness (QED) is 0.656. The highest BCUT2D eigenvalue weighted by molar-refractivity contribution is 5.75. The number of carbonyl (C=O) groups is 1. The van der Waals surface area contributed by atoms with Crippen LogP contribution in [0, 0.1) is 5.92 Å². The molecule has 0 bridgehead atoms. The third kappa shape index (κ3) is 4.10. The van der Waals surface area contributed by atoms with Gasteiger partial charge in [0.15, 0.2) is 0 Å². The van der Waals surface area contributed by atoms with E-state index in [1.54, 1.807) is 0 Å². The molecule has 0 heterocycles. The third-order valence-corrected chi connectivity index (χ3v) is 2.91. The van der Waals surface area contributed by atoms with E-state index < -0.39 is 0 Å². The first-order valence-corrected chi connectivity index (χ1v) is 6.07. The minimum absolute atomic E-state index is 0.170. The lowest BCUT2D eigenvalue weighted by atomic mass is 10.2. The van der Waals surface area contributed by atoms with Gasteiger partial charge in [-0.2, -0.15) is 0 Å². The minimum atomic E-state index is -0.204. The number of rotatable bonds is 7. The van der Waals surface area contributed by atoms with Gasteiger partial charge < -0.3 is 10.1 Å². The predicted molar refractivity (Wildman–Crippen MR) is 64.3 cm³/mol. The Morgan fingerprint density at radius 2 is 2.06 bits per heavy atom. The van der Waals surface area contributed by atoms with Crippen LogP contribution in [0.3, 0.4) is 0 Å². The van der Waals surface area contributed by atoms with Crippen molar-refractivity contribution < 1.29 is 9.53 Å². The average molecular weight is 228 g/mol. The molecular weight excluding hydrogens is 204 g/mol. The molecule has 0 aromatic heterocycles. The van der Waals surface area contributed by atoms with Gasteiger partial charge in [-0.25, -0.2) is 0 Å². The summed E-state index contributed by atoms with van der Waals surface area (Å²) in [5.74, 6) is 0.465. The molecule has 16 heavy (non-hydrogen) atoms. The molecule has 1 aliphatic carbocycles. The maximum Gasteiger partial charge on any atom is 0.324 e. The maximum atomic E-state index is 11.5. The standard InChI is InChI=1S/C12H24N2O2/c1-9(2)7-14(10-5-6-10)8-11(13-3)12(15)16-4/h9-11,13H,5-8H2,1-4H3. The van der Waals surface area contributed by atoms with E-state index in [0.29, 0.717) is 12.0 Å². The summed E-state index contributed by atoms with van der Waals surface area (Å²) >= 11 is 0. The molecule has 1 rings (SSSR count). The zero-order valence-electron chi connectivity index (χ0n) is 10.8. The van der Waals surface area contributed by atoms with Crippen LogP contribution in [0.25, 0.3) is 0 Å². The number of hydrogen-bond acceptors (Lipinski definition) is 4. The SMILES string of the molecule is CNC(CN(CC(C)C)C1CC1)C(=O)OC. The molecule has 1 N–H and O–H groups in total. The summed E-state index contributed by atoms with van der Waals surface area (Å²) in [6.07, 6.45) is 2.54. The molecule has 1 unspecified atom stereocenters. The third-order valence-electron chi connectivity index (χ3n) is 2.91. The van der Waals surface area contributed by atoms with Crippen LogP contribution in [0.1, 0.15) is 26.7 Å². The first-order chi connectivity index (χ1) is 7.58. The molecule has 1 fully saturated rings. The van der Waals surface area contributed by atoms with Crippen LogP contribution in [0.15, 0.2) is 0 Å². The molecule has 1 atom stereocenters. The summed E-state index contributed by atoms with van der Waals surface area (Å²) in [7, 11) is 3.25. The smallest absolute Gasteiger partial charge is 0.324 e. The summed E-state index contributed by atoms with van der Waals surface area (Å²) in [6.45, 7) is 6.23. The number of ether oxygens (including phenoxy) is 1. The Hall–Kier alpha value is -0.610. The first-order valence-electron chi connectivity index (χ1n) is 6.07. The predicted octanol–water partition coefficient (Wildman–Crippen LogP) is 0.868. The molecule has 0 saturated heterocycles. The van der Waals surface area contributed by atoms with Gasteiger partial charge in [0.1, 0.15) is 6.04 Å². The van der Waals surface area contributed by atoms with Crippen LogP contribution in [-0.4, -0.2) is 50.2 Å². The molecule has 0 amide bonds. The largest absolute Gasteiger partial charge is 0.468 e. The number of hydrogen-bond donors (Lipinski definition) is 1. The fraction of sp³-hybridized carbons (Fsp3) is 0.917. The molecule has 4 nitrogen and oxygen atoms in total. The fourth-order valence-electron chi connectivity index (χ4n) is 1.94. The number of nitrogens with zero attached hydrogens (tertiary/aromatic N) is 1. The zero-order valence-corrected chi connectivity index (χ0v) is 10.8.